The number of anilines is 3. The molecule has 2 heteroatoms. The van der Waals surface area contributed by atoms with Gasteiger partial charge in [0.15, 0.2) is 0 Å². The lowest BCUT2D eigenvalue weighted by Crippen LogP contribution is -2.11. The molecule has 0 aliphatic heterocycles. The molecule has 41 heavy (non-hydrogen) atoms. The summed E-state index contributed by atoms with van der Waals surface area (Å²) in [4.78, 5) is 7.10. The Kier molecular flexibility index (Phi) is 6.92. The highest BCUT2D eigenvalue weighted by Crippen LogP contribution is 2.40. The molecule has 0 N–H and O–H groups in total. The number of rotatable bonds is 5. The molecule has 2 aliphatic rings. The molecule has 0 fully saturated rings. The fourth-order valence-electron chi connectivity index (χ4n) is 6.96. The lowest BCUT2D eigenvalue weighted by molar-refractivity contribution is 0.667. The summed E-state index contributed by atoms with van der Waals surface area (Å²) < 4.78 is 0. The molecule has 2 nitrogen and oxygen atoms in total. The number of benzene rings is 4. The van der Waals surface area contributed by atoms with E-state index in [-0.39, 0.29) is 0 Å². The number of hydrogen-bond acceptors (Lipinski definition) is 2. The smallest absolute Gasteiger partial charge is 0.0468 e. The molecule has 0 radical (unpaired) electrons. The molecule has 0 saturated heterocycles. The number of aryl methyl sites for hydroxylation is 4. The first kappa shape index (κ1) is 25.8. The van der Waals surface area contributed by atoms with E-state index in [2.05, 4.69) is 115 Å². The van der Waals surface area contributed by atoms with Gasteiger partial charge in [-0.1, -0.05) is 42.5 Å². The summed E-state index contributed by atoms with van der Waals surface area (Å²) in [6.07, 6.45) is 16.4. The summed E-state index contributed by atoms with van der Waals surface area (Å²) >= 11 is 0. The predicted molar refractivity (Wildman–Crippen MR) is 175 cm³/mol. The first-order valence-corrected chi connectivity index (χ1v) is 15.3. The van der Waals surface area contributed by atoms with Crippen LogP contribution in [0.5, 0.6) is 0 Å². The molecular weight excluding hydrogens is 496 g/mol. The van der Waals surface area contributed by atoms with E-state index in [0.717, 1.165) is 25.7 Å². The van der Waals surface area contributed by atoms with Crippen LogP contribution in [0.4, 0.5) is 17.1 Å². The minimum Gasteiger partial charge on any atom is -0.310 e. The molecule has 4 aromatic carbocycles. The Morgan fingerprint density at radius 1 is 0.585 bits per heavy atom. The summed E-state index contributed by atoms with van der Waals surface area (Å²) in [5.74, 6) is 0. The average molecular weight is 535 g/mol. The van der Waals surface area contributed by atoms with E-state index in [1.165, 1.54) is 92.6 Å². The van der Waals surface area contributed by atoms with E-state index >= 15 is 0 Å². The van der Waals surface area contributed by atoms with Crippen LogP contribution in [0.3, 0.4) is 0 Å². The molecule has 0 bridgehead atoms. The Hall–Kier alpha value is -4.17. The minimum absolute atomic E-state index is 1.12. The molecule has 7 rings (SSSR count). The second kappa shape index (κ2) is 11.0. The molecular formula is C39H38N2. The standard InChI is InChI=1S/C39H38N2/c1-27-9-7-11-32(23-27)41(33-12-8-10-28(2)24-33)34-20-19-31-25-30(35-13-3-4-15-37(35)38(31)26-34)18-17-29-21-22-40-39-16-6-5-14-36(29)39/h7-12,17-26H,3-6,13-16H2,1-2H3/b18-17+. The third-order valence-corrected chi connectivity index (χ3v) is 8.98. The first-order valence-electron chi connectivity index (χ1n) is 15.3. The topological polar surface area (TPSA) is 16.1 Å². The van der Waals surface area contributed by atoms with Crippen molar-refractivity contribution in [1.29, 1.82) is 0 Å². The van der Waals surface area contributed by atoms with Gasteiger partial charge in [-0.25, -0.2) is 0 Å². The van der Waals surface area contributed by atoms with Crippen LogP contribution in [-0.2, 0) is 25.7 Å². The molecule has 0 atom stereocenters. The third kappa shape index (κ3) is 5.08. The van der Waals surface area contributed by atoms with Gasteiger partial charge in [0.2, 0.25) is 0 Å². The van der Waals surface area contributed by atoms with Crippen LogP contribution < -0.4 is 4.90 Å². The van der Waals surface area contributed by atoms with Gasteiger partial charge in [-0.15, -0.1) is 0 Å². The number of hydrogen-bond donors (Lipinski definition) is 0. The summed E-state index contributed by atoms with van der Waals surface area (Å²) in [6, 6.07) is 29.4. The highest BCUT2D eigenvalue weighted by atomic mass is 15.1. The quantitative estimate of drug-likeness (QED) is 0.223. The van der Waals surface area contributed by atoms with Gasteiger partial charge in [-0.2, -0.15) is 0 Å². The maximum absolute atomic E-state index is 4.68. The number of pyridine rings is 1. The minimum atomic E-state index is 1.12. The van der Waals surface area contributed by atoms with Crippen LogP contribution in [0.25, 0.3) is 22.9 Å². The Morgan fingerprint density at radius 3 is 1.95 bits per heavy atom. The number of fused-ring (bicyclic) bond motifs is 4. The van der Waals surface area contributed by atoms with E-state index in [9.17, 15) is 0 Å². The van der Waals surface area contributed by atoms with Gasteiger partial charge in [0.05, 0.1) is 0 Å². The number of aromatic nitrogens is 1. The highest BCUT2D eigenvalue weighted by molar-refractivity contribution is 5.95. The van der Waals surface area contributed by atoms with Crippen molar-refractivity contribution >= 4 is 40.0 Å². The van der Waals surface area contributed by atoms with Crippen molar-refractivity contribution in [3.05, 3.63) is 130 Å². The molecule has 0 saturated carbocycles. The number of nitrogens with zero attached hydrogens (tertiary/aromatic N) is 2. The molecule has 1 aromatic heterocycles. The SMILES string of the molecule is Cc1cccc(N(c2cccc(C)c2)c2ccc3cc(/C=C/c4ccnc5c4CCCC5)c4c(c3c2)CCCC4)c1. The van der Waals surface area contributed by atoms with Crippen molar-refractivity contribution in [1.82, 2.24) is 4.98 Å². The van der Waals surface area contributed by atoms with Crippen molar-refractivity contribution in [3.8, 4) is 0 Å². The van der Waals surface area contributed by atoms with Crippen LogP contribution >= 0.6 is 0 Å². The second-order valence-electron chi connectivity index (χ2n) is 11.9. The fourth-order valence-corrected chi connectivity index (χ4v) is 6.96. The zero-order chi connectivity index (χ0) is 27.8. The van der Waals surface area contributed by atoms with Gasteiger partial charge in [0.25, 0.3) is 0 Å². The zero-order valence-electron chi connectivity index (χ0n) is 24.3. The van der Waals surface area contributed by atoms with Gasteiger partial charge in [0, 0.05) is 29.0 Å². The lowest BCUT2D eigenvalue weighted by Gasteiger charge is -2.27. The van der Waals surface area contributed by atoms with Crippen LogP contribution in [0, 0.1) is 13.8 Å². The summed E-state index contributed by atoms with van der Waals surface area (Å²) in [5, 5.41) is 2.74. The maximum Gasteiger partial charge on any atom is 0.0468 e. The van der Waals surface area contributed by atoms with Crippen molar-refractivity contribution in [2.24, 2.45) is 0 Å². The molecule has 1 heterocycles. The Bertz CT molecular complexity index is 1730. The van der Waals surface area contributed by atoms with Crippen molar-refractivity contribution in [2.45, 2.75) is 65.2 Å². The van der Waals surface area contributed by atoms with Gasteiger partial charge in [0.1, 0.15) is 0 Å². The van der Waals surface area contributed by atoms with Crippen molar-refractivity contribution in [3.63, 3.8) is 0 Å². The van der Waals surface area contributed by atoms with E-state index in [1.54, 1.807) is 5.56 Å². The van der Waals surface area contributed by atoms with E-state index in [1.807, 2.05) is 6.20 Å². The van der Waals surface area contributed by atoms with Crippen LogP contribution in [0.15, 0.2) is 85.1 Å². The maximum atomic E-state index is 4.68. The summed E-state index contributed by atoms with van der Waals surface area (Å²) in [6.45, 7) is 4.34. The van der Waals surface area contributed by atoms with Gasteiger partial charge in [-0.3, -0.25) is 4.98 Å². The summed E-state index contributed by atoms with van der Waals surface area (Å²) in [5.41, 5.74) is 14.7. The van der Waals surface area contributed by atoms with Crippen LogP contribution in [0.2, 0.25) is 0 Å². The Balaban J connectivity index is 1.34. The van der Waals surface area contributed by atoms with Crippen LogP contribution in [-0.4, -0.2) is 4.98 Å². The second-order valence-corrected chi connectivity index (χ2v) is 11.9. The largest absolute Gasteiger partial charge is 0.310 e. The average Bonchev–Trinajstić information content (AvgIpc) is 3.00. The summed E-state index contributed by atoms with van der Waals surface area (Å²) in [7, 11) is 0. The molecule has 0 spiro atoms. The van der Waals surface area contributed by atoms with E-state index in [0.29, 0.717) is 0 Å². The van der Waals surface area contributed by atoms with E-state index in [4.69, 9.17) is 0 Å². The third-order valence-electron chi connectivity index (χ3n) is 8.98. The van der Waals surface area contributed by atoms with Gasteiger partial charge >= 0.3 is 0 Å². The van der Waals surface area contributed by atoms with Gasteiger partial charge < -0.3 is 4.90 Å². The van der Waals surface area contributed by atoms with E-state index < -0.39 is 0 Å². The monoisotopic (exact) mass is 534 g/mol. The molecule has 204 valence electrons. The predicted octanol–water partition coefficient (Wildman–Crippen LogP) is 10.2. The Morgan fingerprint density at radius 2 is 1.22 bits per heavy atom. The molecule has 0 amide bonds. The molecule has 2 aliphatic carbocycles. The van der Waals surface area contributed by atoms with Gasteiger partial charge in [-0.05, 0) is 163 Å². The molecule has 5 aromatic rings. The van der Waals surface area contributed by atoms with Crippen LogP contribution in [0.1, 0.15) is 70.3 Å². The van der Waals surface area contributed by atoms with Crippen molar-refractivity contribution < 1.29 is 0 Å². The Labute approximate surface area is 244 Å². The lowest BCUT2D eigenvalue weighted by atomic mass is 9.84. The fraction of sp³-hybridized carbons (Fsp3) is 0.256. The normalized spacial score (nSPS) is 14.7. The molecule has 0 unspecified atom stereocenters. The first-order chi connectivity index (χ1) is 20.1. The zero-order valence-corrected chi connectivity index (χ0v) is 24.3. The van der Waals surface area contributed by atoms with Crippen molar-refractivity contribution in [2.75, 3.05) is 4.90 Å². The highest BCUT2D eigenvalue weighted by Gasteiger charge is 2.19.